The summed E-state index contributed by atoms with van der Waals surface area (Å²) in [6.45, 7) is 2.59. The third kappa shape index (κ3) is 2.27. The summed E-state index contributed by atoms with van der Waals surface area (Å²) in [7, 11) is 3.45. The molecule has 0 unspecified atom stereocenters. The van der Waals surface area contributed by atoms with Crippen LogP contribution in [0.1, 0.15) is 40.3 Å². The molecule has 6 heteroatoms. The number of amides is 1. The van der Waals surface area contributed by atoms with Crippen molar-refractivity contribution in [2.45, 2.75) is 39.2 Å². The van der Waals surface area contributed by atoms with Gasteiger partial charge in [0.2, 0.25) is 0 Å². The molecule has 0 aromatic carbocycles. The summed E-state index contributed by atoms with van der Waals surface area (Å²) in [5.41, 5.74) is 0.786. The number of hydrogen-bond donors (Lipinski definition) is 0. The molecule has 0 aliphatic carbocycles. The fourth-order valence-corrected chi connectivity index (χ4v) is 4.03. The van der Waals surface area contributed by atoms with Crippen molar-refractivity contribution < 1.29 is 4.79 Å². The Hall–Kier alpha value is -1.69. The van der Waals surface area contributed by atoms with Gasteiger partial charge in [0.1, 0.15) is 10.7 Å². The number of aryl methyl sites for hydroxylation is 2. The Bertz CT molecular complexity index is 773. The van der Waals surface area contributed by atoms with Crippen molar-refractivity contribution in [3.05, 3.63) is 26.6 Å². The van der Waals surface area contributed by atoms with Crippen LogP contribution in [0.3, 0.4) is 0 Å². The quantitative estimate of drug-likeness (QED) is 0.811. The Morgan fingerprint density at radius 1 is 1.29 bits per heavy atom. The van der Waals surface area contributed by atoms with Gasteiger partial charge in [0.15, 0.2) is 0 Å². The van der Waals surface area contributed by atoms with Gasteiger partial charge in [0.25, 0.3) is 11.5 Å². The Labute approximate surface area is 127 Å². The number of thiophene rings is 1. The molecule has 2 aromatic heterocycles. The third-order valence-electron chi connectivity index (χ3n) is 4.01. The van der Waals surface area contributed by atoms with Crippen LogP contribution in [-0.2, 0) is 13.0 Å². The monoisotopic (exact) mass is 305 g/mol. The van der Waals surface area contributed by atoms with Gasteiger partial charge in [-0.1, -0.05) is 6.42 Å². The molecule has 5 nitrogen and oxygen atoms in total. The van der Waals surface area contributed by atoms with E-state index in [1.54, 1.807) is 23.6 Å². The van der Waals surface area contributed by atoms with Crippen molar-refractivity contribution in [2.75, 3.05) is 14.1 Å². The lowest BCUT2D eigenvalue weighted by Crippen LogP contribution is -2.24. The molecular formula is C15H19N3O2S. The van der Waals surface area contributed by atoms with Crippen LogP contribution in [0.15, 0.2) is 4.79 Å². The highest BCUT2D eigenvalue weighted by atomic mass is 32.1. The van der Waals surface area contributed by atoms with Crippen molar-refractivity contribution >= 4 is 27.5 Å². The highest BCUT2D eigenvalue weighted by molar-refractivity contribution is 7.20. The van der Waals surface area contributed by atoms with E-state index in [0.29, 0.717) is 15.1 Å². The zero-order valence-electron chi connectivity index (χ0n) is 12.6. The number of carbonyl (C=O) groups is 1. The van der Waals surface area contributed by atoms with Crippen LogP contribution in [-0.4, -0.2) is 34.5 Å². The summed E-state index contributed by atoms with van der Waals surface area (Å²) in [6.07, 6.45) is 4.08. The average Bonchev–Trinajstić information content (AvgIpc) is 2.62. The van der Waals surface area contributed by atoms with Gasteiger partial charge in [-0.05, 0) is 25.3 Å². The van der Waals surface area contributed by atoms with Crippen molar-refractivity contribution in [2.24, 2.45) is 0 Å². The van der Waals surface area contributed by atoms with Gasteiger partial charge in [-0.3, -0.25) is 14.2 Å². The molecule has 0 atom stereocenters. The predicted octanol–water partition coefficient (Wildman–Crippen LogP) is 2.19. The molecule has 0 saturated heterocycles. The van der Waals surface area contributed by atoms with Crippen LogP contribution >= 0.6 is 11.3 Å². The van der Waals surface area contributed by atoms with Crippen LogP contribution in [0.2, 0.25) is 0 Å². The lowest BCUT2D eigenvalue weighted by molar-refractivity contribution is 0.0831. The lowest BCUT2D eigenvalue weighted by atomic mass is 10.2. The summed E-state index contributed by atoms with van der Waals surface area (Å²) in [5.74, 6) is 0.810. The molecule has 0 fully saturated rings. The largest absolute Gasteiger partial charge is 0.344 e. The SMILES string of the molecule is Cc1c(C(=O)N(C)C)sc2nc3n(c(=O)c12)CCCCC3. The Balaban J connectivity index is 2.26. The highest BCUT2D eigenvalue weighted by Gasteiger charge is 2.22. The molecule has 0 radical (unpaired) electrons. The summed E-state index contributed by atoms with van der Waals surface area (Å²) in [5, 5.41) is 0.621. The number of aromatic nitrogens is 2. The maximum absolute atomic E-state index is 12.8. The summed E-state index contributed by atoms with van der Waals surface area (Å²) < 4.78 is 1.80. The minimum atomic E-state index is -0.0601. The second kappa shape index (κ2) is 5.26. The van der Waals surface area contributed by atoms with Crippen molar-refractivity contribution in [1.29, 1.82) is 0 Å². The second-order valence-corrected chi connectivity index (χ2v) is 6.73. The van der Waals surface area contributed by atoms with Crippen molar-refractivity contribution in [3.63, 3.8) is 0 Å². The average molecular weight is 305 g/mol. The lowest BCUT2D eigenvalue weighted by Gasteiger charge is -2.09. The van der Waals surface area contributed by atoms with Gasteiger partial charge in [-0.25, -0.2) is 4.98 Å². The van der Waals surface area contributed by atoms with E-state index >= 15 is 0 Å². The zero-order valence-corrected chi connectivity index (χ0v) is 13.4. The molecule has 0 saturated carbocycles. The fraction of sp³-hybridized carbons (Fsp3) is 0.533. The molecule has 1 aliphatic heterocycles. The molecule has 2 aromatic rings. The molecular weight excluding hydrogens is 286 g/mol. The number of rotatable bonds is 1. The first kappa shape index (κ1) is 14.3. The molecule has 1 aliphatic rings. The molecule has 3 rings (SSSR count). The Kier molecular flexibility index (Phi) is 3.57. The Morgan fingerprint density at radius 3 is 2.76 bits per heavy atom. The van der Waals surface area contributed by atoms with Crippen LogP contribution < -0.4 is 5.56 Å². The molecule has 0 spiro atoms. The molecule has 0 bridgehead atoms. The van der Waals surface area contributed by atoms with Gasteiger partial charge >= 0.3 is 0 Å². The molecule has 3 heterocycles. The molecule has 21 heavy (non-hydrogen) atoms. The van der Waals surface area contributed by atoms with E-state index in [1.807, 2.05) is 6.92 Å². The van der Waals surface area contributed by atoms with E-state index in [0.717, 1.165) is 43.6 Å². The van der Waals surface area contributed by atoms with E-state index in [-0.39, 0.29) is 11.5 Å². The summed E-state index contributed by atoms with van der Waals surface area (Å²) >= 11 is 1.34. The predicted molar refractivity (Wildman–Crippen MR) is 84.2 cm³/mol. The van der Waals surface area contributed by atoms with E-state index in [9.17, 15) is 9.59 Å². The first-order valence-corrected chi connectivity index (χ1v) is 8.07. The summed E-state index contributed by atoms with van der Waals surface area (Å²) in [6, 6.07) is 0. The van der Waals surface area contributed by atoms with E-state index < -0.39 is 0 Å². The van der Waals surface area contributed by atoms with E-state index in [1.165, 1.54) is 11.3 Å². The number of hydrogen-bond acceptors (Lipinski definition) is 4. The Morgan fingerprint density at radius 2 is 2.05 bits per heavy atom. The standard InChI is InChI=1S/C15H19N3O2S/c1-9-11-13(21-12(9)15(20)17(2)3)16-10-7-5-4-6-8-18(10)14(11)19/h4-8H2,1-3H3. The number of nitrogens with zero attached hydrogens (tertiary/aromatic N) is 3. The summed E-state index contributed by atoms with van der Waals surface area (Å²) in [4.78, 5) is 32.5. The highest BCUT2D eigenvalue weighted by Crippen LogP contribution is 2.28. The van der Waals surface area contributed by atoms with Gasteiger partial charge in [0, 0.05) is 27.1 Å². The van der Waals surface area contributed by atoms with E-state index in [4.69, 9.17) is 0 Å². The third-order valence-corrected chi connectivity index (χ3v) is 5.19. The van der Waals surface area contributed by atoms with Crippen LogP contribution in [0.5, 0.6) is 0 Å². The maximum atomic E-state index is 12.8. The topological polar surface area (TPSA) is 55.2 Å². The molecule has 112 valence electrons. The molecule has 1 amide bonds. The van der Waals surface area contributed by atoms with Crippen molar-refractivity contribution in [1.82, 2.24) is 14.5 Å². The number of fused-ring (bicyclic) bond motifs is 2. The van der Waals surface area contributed by atoms with Crippen molar-refractivity contribution in [3.8, 4) is 0 Å². The second-order valence-electron chi connectivity index (χ2n) is 5.73. The maximum Gasteiger partial charge on any atom is 0.263 e. The smallest absolute Gasteiger partial charge is 0.263 e. The minimum absolute atomic E-state index is 0.0171. The first-order chi connectivity index (χ1) is 10.0. The zero-order chi connectivity index (χ0) is 15.1. The van der Waals surface area contributed by atoms with Crippen LogP contribution in [0.25, 0.3) is 10.2 Å². The van der Waals surface area contributed by atoms with Gasteiger partial charge in [0.05, 0.1) is 10.3 Å². The first-order valence-electron chi connectivity index (χ1n) is 7.25. The van der Waals surface area contributed by atoms with E-state index in [2.05, 4.69) is 4.98 Å². The van der Waals surface area contributed by atoms with Gasteiger partial charge < -0.3 is 4.90 Å². The normalized spacial score (nSPS) is 14.8. The fourth-order valence-electron chi connectivity index (χ4n) is 2.82. The van der Waals surface area contributed by atoms with Gasteiger partial charge in [-0.2, -0.15) is 0 Å². The van der Waals surface area contributed by atoms with Crippen LogP contribution in [0.4, 0.5) is 0 Å². The van der Waals surface area contributed by atoms with Gasteiger partial charge in [-0.15, -0.1) is 11.3 Å². The minimum Gasteiger partial charge on any atom is -0.344 e. The number of carbonyl (C=O) groups excluding carboxylic acids is 1. The molecule has 0 N–H and O–H groups in total. The van der Waals surface area contributed by atoms with Crippen LogP contribution in [0, 0.1) is 6.92 Å².